The molecule has 1 N–H and O–H groups in total. The van der Waals surface area contributed by atoms with Gasteiger partial charge in [0.05, 0.1) is 5.57 Å². The highest BCUT2D eigenvalue weighted by Crippen LogP contribution is 2.27. The molecule has 1 unspecified atom stereocenters. The molecule has 0 aromatic heterocycles. The van der Waals surface area contributed by atoms with Gasteiger partial charge in [0.1, 0.15) is 6.04 Å². The third kappa shape index (κ3) is 4.27. The van der Waals surface area contributed by atoms with Crippen LogP contribution in [0.1, 0.15) is 6.92 Å². The van der Waals surface area contributed by atoms with Gasteiger partial charge in [0.15, 0.2) is 0 Å². The Kier molecular flexibility index (Phi) is 5.68. The van der Waals surface area contributed by atoms with Gasteiger partial charge in [-0.25, -0.2) is 0 Å². The van der Waals surface area contributed by atoms with Gasteiger partial charge in [-0.3, -0.25) is 4.79 Å². The van der Waals surface area contributed by atoms with E-state index in [1.54, 1.807) is 6.92 Å². The van der Waals surface area contributed by atoms with E-state index in [1.807, 2.05) is 0 Å². The number of likely N-dealkylation sites (N-methyl/N-ethyl adjacent to an activating group) is 2. The average molecular weight is 262 g/mol. The van der Waals surface area contributed by atoms with Gasteiger partial charge in [0.2, 0.25) is 5.91 Å². The maximum Gasteiger partial charge on any atom is 0.416 e. The van der Waals surface area contributed by atoms with Gasteiger partial charge in [0, 0.05) is 19.8 Å². The van der Waals surface area contributed by atoms with Gasteiger partial charge in [-0.2, -0.15) is 13.2 Å². The van der Waals surface area contributed by atoms with E-state index in [4.69, 9.17) is 0 Å². The second kappa shape index (κ2) is 6.28. The molecule has 0 aromatic carbocycles. The number of nitrogens with zero attached hydrogens (tertiary/aromatic N) is 1. The number of nitrogens with one attached hydrogen (secondary N) is 1. The van der Waals surface area contributed by atoms with Crippen molar-refractivity contribution in [3.63, 3.8) is 0 Å². The molecular formula is C12H17F3N2O. The van der Waals surface area contributed by atoms with Crippen molar-refractivity contribution in [3.05, 3.63) is 36.6 Å². The van der Waals surface area contributed by atoms with Crippen molar-refractivity contribution in [2.75, 3.05) is 14.1 Å². The minimum atomic E-state index is -4.48. The van der Waals surface area contributed by atoms with Crippen LogP contribution in [0, 0.1) is 0 Å². The maximum atomic E-state index is 12.5. The van der Waals surface area contributed by atoms with E-state index in [0.717, 1.165) is 6.08 Å². The molecule has 0 rings (SSSR count). The van der Waals surface area contributed by atoms with Gasteiger partial charge in [-0.1, -0.05) is 19.2 Å². The van der Waals surface area contributed by atoms with Crippen molar-refractivity contribution < 1.29 is 18.0 Å². The number of hydrogen-bond donors (Lipinski definition) is 1. The molecule has 1 atom stereocenters. The molecule has 0 aliphatic heterocycles. The number of amides is 1. The number of carbonyl (C=O) groups is 1. The van der Waals surface area contributed by atoms with Crippen LogP contribution in [0.15, 0.2) is 36.6 Å². The molecule has 0 spiro atoms. The van der Waals surface area contributed by atoms with Crippen molar-refractivity contribution in [3.8, 4) is 0 Å². The van der Waals surface area contributed by atoms with Crippen molar-refractivity contribution in [1.82, 2.24) is 10.2 Å². The average Bonchev–Trinajstić information content (AvgIpc) is 2.30. The first-order valence-electron chi connectivity index (χ1n) is 5.19. The smallest absolute Gasteiger partial charge is 0.363 e. The standard InChI is InChI=1S/C12H17F3N2O/c1-6-10(12(13,14)15)7-8(2)17(5)9(3)11(18)16-4/h6-7,9H,1-2H2,3-5H3,(H,16,18)/b10-7+. The molecule has 0 fully saturated rings. The Hall–Kier alpha value is -1.72. The van der Waals surface area contributed by atoms with E-state index in [0.29, 0.717) is 6.08 Å². The summed E-state index contributed by atoms with van der Waals surface area (Å²) in [6, 6.07) is -0.613. The number of hydrogen-bond acceptors (Lipinski definition) is 2. The molecule has 0 radical (unpaired) electrons. The summed E-state index contributed by atoms with van der Waals surface area (Å²) in [6.07, 6.45) is -2.92. The summed E-state index contributed by atoms with van der Waals surface area (Å²) >= 11 is 0. The Labute approximate surface area is 105 Å². The van der Waals surface area contributed by atoms with E-state index in [-0.39, 0.29) is 11.6 Å². The summed E-state index contributed by atoms with van der Waals surface area (Å²) in [5.41, 5.74) is -0.818. The minimum absolute atomic E-state index is 0.0818. The third-order valence-corrected chi connectivity index (χ3v) is 2.53. The molecule has 18 heavy (non-hydrogen) atoms. The summed E-state index contributed by atoms with van der Waals surface area (Å²) in [5, 5.41) is 2.41. The molecule has 102 valence electrons. The molecule has 0 saturated heterocycles. The van der Waals surface area contributed by atoms with Crippen LogP contribution in [0.25, 0.3) is 0 Å². The fraction of sp³-hybridized carbons (Fsp3) is 0.417. The SMILES string of the molecule is C=C/C(=C\C(=C)N(C)C(C)C(=O)NC)C(F)(F)F. The molecule has 0 heterocycles. The fourth-order valence-corrected chi connectivity index (χ4v) is 1.17. The first kappa shape index (κ1) is 16.3. The maximum absolute atomic E-state index is 12.5. The van der Waals surface area contributed by atoms with E-state index < -0.39 is 17.8 Å². The first-order valence-corrected chi connectivity index (χ1v) is 5.19. The predicted molar refractivity (Wildman–Crippen MR) is 64.8 cm³/mol. The van der Waals surface area contributed by atoms with Crippen molar-refractivity contribution in [2.45, 2.75) is 19.1 Å². The summed E-state index contributed by atoms with van der Waals surface area (Å²) in [6.45, 7) is 8.19. The minimum Gasteiger partial charge on any atom is -0.363 e. The predicted octanol–water partition coefficient (Wildman–Crippen LogP) is 2.24. The second-order valence-corrected chi connectivity index (χ2v) is 3.69. The Balaban J connectivity index is 5.01. The summed E-state index contributed by atoms with van der Waals surface area (Å²) in [4.78, 5) is 12.7. The first-order chi connectivity index (χ1) is 8.15. The molecule has 0 saturated carbocycles. The van der Waals surface area contributed by atoms with Crippen LogP contribution in [0.5, 0.6) is 0 Å². The second-order valence-electron chi connectivity index (χ2n) is 3.69. The van der Waals surface area contributed by atoms with Gasteiger partial charge >= 0.3 is 6.18 Å². The molecule has 0 aromatic rings. The van der Waals surface area contributed by atoms with E-state index in [2.05, 4.69) is 18.5 Å². The Bertz CT molecular complexity index is 372. The number of carbonyl (C=O) groups excluding carboxylic acids is 1. The topological polar surface area (TPSA) is 32.3 Å². The van der Waals surface area contributed by atoms with E-state index in [1.165, 1.54) is 19.0 Å². The molecule has 0 bridgehead atoms. The molecular weight excluding hydrogens is 245 g/mol. The lowest BCUT2D eigenvalue weighted by molar-refractivity contribution is -0.124. The summed E-state index contributed by atoms with van der Waals surface area (Å²) in [5.74, 6) is -0.306. The highest BCUT2D eigenvalue weighted by Gasteiger charge is 2.31. The van der Waals surface area contributed by atoms with Crippen LogP contribution in [0.4, 0.5) is 13.2 Å². The Morgan fingerprint density at radius 1 is 1.44 bits per heavy atom. The zero-order chi connectivity index (χ0) is 14.5. The normalized spacial score (nSPS) is 13.8. The van der Waals surface area contributed by atoms with Crippen LogP contribution in [-0.2, 0) is 4.79 Å². The Morgan fingerprint density at radius 2 is 1.94 bits per heavy atom. The number of halogens is 3. The zero-order valence-corrected chi connectivity index (χ0v) is 10.6. The quantitative estimate of drug-likeness (QED) is 0.771. The van der Waals surface area contributed by atoms with Crippen LogP contribution < -0.4 is 5.32 Å². The summed E-state index contributed by atoms with van der Waals surface area (Å²) in [7, 11) is 2.95. The van der Waals surface area contributed by atoms with E-state index >= 15 is 0 Å². The molecule has 3 nitrogen and oxygen atoms in total. The molecule has 0 aliphatic rings. The van der Waals surface area contributed by atoms with Crippen molar-refractivity contribution >= 4 is 5.91 Å². The van der Waals surface area contributed by atoms with Crippen LogP contribution in [0.2, 0.25) is 0 Å². The third-order valence-electron chi connectivity index (χ3n) is 2.53. The number of rotatable bonds is 5. The number of allylic oxidation sites excluding steroid dienone is 3. The van der Waals surface area contributed by atoms with Crippen LogP contribution in [0.3, 0.4) is 0 Å². The lowest BCUT2D eigenvalue weighted by Gasteiger charge is -2.26. The molecule has 0 aliphatic carbocycles. The lowest BCUT2D eigenvalue weighted by Crippen LogP contribution is -2.41. The van der Waals surface area contributed by atoms with Crippen molar-refractivity contribution in [1.29, 1.82) is 0 Å². The lowest BCUT2D eigenvalue weighted by atomic mass is 10.2. The number of alkyl halides is 3. The van der Waals surface area contributed by atoms with Crippen LogP contribution in [-0.4, -0.2) is 37.1 Å². The monoisotopic (exact) mass is 262 g/mol. The highest BCUT2D eigenvalue weighted by molar-refractivity contribution is 5.81. The zero-order valence-electron chi connectivity index (χ0n) is 10.6. The van der Waals surface area contributed by atoms with Gasteiger partial charge in [-0.05, 0) is 13.0 Å². The van der Waals surface area contributed by atoms with Crippen molar-refractivity contribution in [2.24, 2.45) is 0 Å². The van der Waals surface area contributed by atoms with Gasteiger partial charge < -0.3 is 10.2 Å². The van der Waals surface area contributed by atoms with E-state index in [9.17, 15) is 18.0 Å². The molecule has 1 amide bonds. The summed E-state index contributed by atoms with van der Waals surface area (Å²) < 4.78 is 37.5. The largest absolute Gasteiger partial charge is 0.416 e. The van der Waals surface area contributed by atoms with Crippen LogP contribution >= 0.6 is 0 Å². The Morgan fingerprint density at radius 3 is 2.28 bits per heavy atom. The highest BCUT2D eigenvalue weighted by atomic mass is 19.4. The van der Waals surface area contributed by atoms with Gasteiger partial charge in [-0.15, -0.1) is 0 Å². The molecule has 6 heteroatoms. The van der Waals surface area contributed by atoms with Gasteiger partial charge in [0.25, 0.3) is 0 Å². The fourth-order valence-electron chi connectivity index (χ4n) is 1.17.